The molecule has 5 nitrogen and oxygen atoms in total. The summed E-state index contributed by atoms with van der Waals surface area (Å²) in [5.41, 5.74) is -0.221. The largest absolute Gasteiger partial charge is 0.478 e. The van der Waals surface area contributed by atoms with Crippen molar-refractivity contribution < 1.29 is 19.1 Å². The molecule has 0 unspecified atom stereocenters. The Morgan fingerprint density at radius 3 is 2.69 bits per heavy atom. The van der Waals surface area contributed by atoms with Gasteiger partial charge < -0.3 is 15.7 Å². The fourth-order valence-corrected chi connectivity index (χ4v) is 1.11. The van der Waals surface area contributed by atoms with Crippen molar-refractivity contribution in [2.45, 2.75) is 0 Å². The fraction of sp³-hybridized carbons (Fsp3) is 0.200. The summed E-state index contributed by atoms with van der Waals surface area (Å²) in [4.78, 5) is 21.8. The Labute approximate surface area is 91.3 Å². The highest BCUT2D eigenvalue weighted by Gasteiger charge is 2.10. The summed E-state index contributed by atoms with van der Waals surface area (Å²) in [6.45, 7) is 0.0245. The third-order valence-electron chi connectivity index (χ3n) is 1.82. The lowest BCUT2D eigenvalue weighted by molar-refractivity contribution is -0.115. The van der Waals surface area contributed by atoms with Gasteiger partial charge in [0.05, 0.1) is 17.8 Å². The summed E-state index contributed by atoms with van der Waals surface area (Å²) >= 11 is 0. The van der Waals surface area contributed by atoms with E-state index in [1.165, 1.54) is 0 Å². The summed E-state index contributed by atoms with van der Waals surface area (Å²) in [6, 6.07) is 3.20. The van der Waals surface area contributed by atoms with Crippen molar-refractivity contribution >= 4 is 17.6 Å². The Balaban J connectivity index is 2.90. The maximum absolute atomic E-state index is 13.2. The van der Waals surface area contributed by atoms with E-state index in [0.29, 0.717) is 0 Å². The number of benzene rings is 1. The molecular formula is C10H11FN2O3. The van der Waals surface area contributed by atoms with Crippen LogP contribution < -0.4 is 10.6 Å². The molecule has 86 valence electrons. The Kier molecular flexibility index (Phi) is 3.96. The molecule has 1 amide bonds. The van der Waals surface area contributed by atoms with Crippen LogP contribution in [0.5, 0.6) is 0 Å². The van der Waals surface area contributed by atoms with Gasteiger partial charge in [-0.2, -0.15) is 0 Å². The Bertz CT molecular complexity index is 421. The molecule has 0 aromatic heterocycles. The number of aromatic carboxylic acids is 1. The van der Waals surface area contributed by atoms with E-state index in [2.05, 4.69) is 10.6 Å². The van der Waals surface area contributed by atoms with Gasteiger partial charge in [-0.1, -0.05) is 0 Å². The lowest BCUT2D eigenvalue weighted by Crippen LogP contribution is -2.25. The zero-order valence-corrected chi connectivity index (χ0v) is 8.58. The summed E-state index contributed by atoms with van der Waals surface area (Å²) in [5.74, 6) is -2.29. The first kappa shape index (κ1) is 12.1. The highest BCUT2D eigenvalue weighted by Crippen LogP contribution is 2.15. The number of amides is 1. The van der Waals surface area contributed by atoms with Gasteiger partial charge >= 0.3 is 5.97 Å². The van der Waals surface area contributed by atoms with Crippen LogP contribution in [0.25, 0.3) is 0 Å². The monoisotopic (exact) mass is 226 g/mol. The van der Waals surface area contributed by atoms with Crippen LogP contribution in [0.4, 0.5) is 10.1 Å². The van der Waals surface area contributed by atoms with Gasteiger partial charge in [0.1, 0.15) is 5.82 Å². The molecule has 0 radical (unpaired) electrons. The normalized spacial score (nSPS) is 9.88. The molecule has 1 aromatic rings. The van der Waals surface area contributed by atoms with E-state index in [1.807, 2.05) is 0 Å². The Morgan fingerprint density at radius 2 is 2.12 bits per heavy atom. The molecule has 0 fully saturated rings. The number of hydrogen-bond acceptors (Lipinski definition) is 3. The summed E-state index contributed by atoms with van der Waals surface area (Å²) < 4.78 is 13.2. The molecule has 16 heavy (non-hydrogen) atoms. The zero-order chi connectivity index (χ0) is 12.1. The SMILES string of the molecule is CNCC(=O)Nc1cc(C(=O)O)ccc1F. The van der Waals surface area contributed by atoms with Crippen molar-refractivity contribution in [3.05, 3.63) is 29.6 Å². The van der Waals surface area contributed by atoms with Crippen molar-refractivity contribution in [3.8, 4) is 0 Å². The maximum atomic E-state index is 13.2. The molecule has 3 N–H and O–H groups in total. The van der Waals surface area contributed by atoms with Crippen LogP contribution in [-0.4, -0.2) is 30.6 Å². The van der Waals surface area contributed by atoms with E-state index in [4.69, 9.17) is 5.11 Å². The van der Waals surface area contributed by atoms with Gasteiger partial charge in [0, 0.05) is 0 Å². The van der Waals surface area contributed by atoms with Crippen molar-refractivity contribution in [2.24, 2.45) is 0 Å². The first-order valence-electron chi connectivity index (χ1n) is 4.52. The minimum atomic E-state index is -1.18. The molecule has 0 aliphatic heterocycles. The van der Waals surface area contributed by atoms with E-state index in [0.717, 1.165) is 18.2 Å². The quantitative estimate of drug-likeness (QED) is 0.705. The molecule has 0 aliphatic carbocycles. The molecule has 0 aliphatic rings. The highest BCUT2D eigenvalue weighted by atomic mass is 19.1. The second-order valence-electron chi connectivity index (χ2n) is 3.08. The number of anilines is 1. The second-order valence-corrected chi connectivity index (χ2v) is 3.08. The lowest BCUT2D eigenvalue weighted by atomic mass is 10.2. The molecule has 0 bridgehead atoms. The van der Waals surface area contributed by atoms with Crippen molar-refractivity contribution in [1.29, 1.82) is 0 Å². The van der Waals surface area contributed by atoms with Crippen LogP contribution in [0.3, 0.4) is 0 Å². The number of carbonyl (C=O) groups is 2. The van der Waals surface area contributed by atoms with Gasteiger partial charge in [0.2, 0.25) is 5.91 Å². The van der Waals surface area contributed by atoms with Crippen molar-refractivity contribution in [1.82, 2.24) is 5.32 Å². The summed E-state index contributed by atoms with van der Waals surface area (Å²) in [5, 5.41) is 13.6. The minimum Gasteiger partial charge on any atom is -0.478 e. The highest BCUT2D eigenvalue weighted by molar-refractivity contribution is 5.94. The lowest BCUT2D eigenvalue weighted by Gasteiger charge is -2.06. The van der Waals surface area contributed by atoms with Crippen LogP contribution in [0.15, 0.2) is 18.2 Å². The molecular weight excluding hydrogens is 215 g/mol. The molecule has 1 rings (SSSR count). The minimum absolute atomic E-state index is 0.0245. The number of likely N-dealkylation sites (N-methyl/N-ethyl adjacent to an activating group) is 1. The predicted octanol–water partition coefficient (Wildman–Crippen LogP) is 0.682. The van der Waals surface area contributed by atoms with E-state index in [-0.39, 0.29) is 17.8 Å². The van der Waals surface area contributed by atoms with E-state index < -0.39 is 17.7 Å². The molecule has 0 atom stereocenters. The number of carboxylic acid groups (broad SMARTS) is 1. The molecule has 0 saturated carbocycles. The van der Waals surface area contributed by atoms with Crippen LogP contribution in [-0.2, 0) is 4.79 Å². The molecule has 0 saturated heterocycles. The Hall–Kier alpha value is -1.95. The molecule has 0 heterocycles. The molecule has 1 aromatic carbocycles. The number of carbonyl (C=O) groups excluding carboxylic acids is 1. The van der Waals surface area contributed by atoms with Crippen molar-refractivity contribution in [3.63, 3.8) is 0 Å². The smallest absolute Gasteiger partial charge is 0.335 e. The van der Waals surface area contributed by atoms with Gasteiger partial charge in [-0.25, -0.2) is 9.18 Å². The Morgan fingerprint density at radius 1 is 1.44 bits per heavy atom. The average Bonchev–Trinajstić information content (AvgIpc) is 2.21. The van der Waals surface area contributed by atoms with E-state index >= 15 is 0 Å². The zero-order valence-electron chi connectivity index (χ0n) is 8.58. The number of carboxylic acids is 1. The number of halogens is 1. The van der Waals surface area contributed by atoms with Gasteiger partial charge in [0.15, 0.2) is 0 Å². The van der Waals surface area contributed by atoms with Crippen LogP contribution in [0.1, 0.15) is 10.4 Å². The maximum Gasteiger partial charge on any atom is 0.335 e. The van der Waals surface area contributed by atoms with E-state index in [9.17, 15) is 14.0 Å². The standard InChI is InChI=1S/C10H11FN2O3/c1-12-5-9(14)13-8-4-6(10(15)16)2-3-7(8)11/h2-4,12H,5H2,1H3,(H,13,14)(H,15,16). The third-order valence-corrected chi connectivity index (χ3v) is 1.82. The second kappa shape index (κ2) is 5.22. The summed E-state index contributed by atoms with van der Waals surface area (Å²) in [7, 11) is 1.57. The number of hydrogen-bond donors (Lipinski definition) is 3. The topological polar surface area (TPSA) is 78.4 Å². The van der Waals surface area contributed by atoms with Crippen LogP contribution >= 0.6 is 0 Å². The van der Waals surface area contributed by atoms with Gasteiger partial charge in [-0.05, 0) is 25.2 Å². The number of nitrogens with one attached hydrogen (secondary N) is 2. The third kappa shape index (κ3) is 3.03. The van der Waals surface area contributed by atoms with Crippen LogP contribution in [0.2, 0.25) is 0 Å². The molecule has 6 heteroatoms. The first-order chi connectivity index (χ1) is 7.54. The van der Waals surface area contributed by atoms with Gasteiger partial charge in [0.25, 0.3) is 0 Å². The van der Waals surface area contributed by atoms with Crippen LogP contribution in [0, 0.1) is 5.82 Å². The fourth-order valence-electron chi connectivity index (χ4n) is 1.11. The van der Waals surface area contributed by atoms with Gasteiger partial charge in [-0.3, -0.25) is 4.79 Å². The predicted molar refractivity (Wildman–Crippen MR) is 55.9 cm³/mol. The average molecular weight is 226 g/mol. The first-order valence-corrected chi connectivity index (χ1v) is 4.52. The number of rotatable bonds is 4. The van der Waals surface area contributed by atoms with Crippen molar-refractivity contribution in [2.75, 3.05) is 18.9 Å². The summed E-state index contributed by atoms with van der Waals surface area (Å²) in [6.07, 6.45) is 0. The molecule has 0 spiro atoms. The van der Waals surface area contributed by atoms with Gasteiger partial charge in [-0.15, -0.1) is 0 Å². The van der Waals surface area contributed by atoms with E-state index in [1.54, 1.807) is 7.05 Å².